The van der Waals surface area contributed by atoms with Crippen LogP contribution in [-0.2, 0) is 21.2 Å². The fourth-order valence-corrected chi connectivity index (χ4v) is 3.83. The quantitative estimate of drug-likeness (QED) is 0.779. The van der Waals surface area contributed by atoms with Gasteiger partial charge >= 0.3 is 0 Å². The van der Waals surface area contributed by atoms with Crippen LogP contribution in [0.2, 0.25) is 0 Å². The Balaban J connectivity index is 2.16. The second kappa shape index (κ2) is 8.47. The van der Waals surface area contributed by atoms with Crippen LogP contribution in [0.3, 0.4) is 0 Å². The number of benzene rings is 2. The van der Waals surface area contributed by atoms with Crippen LogP contribution in [-0.4, -0.2) is 20.4 Å². The summed E-state index contributed by atoms with van der Waals surface area (Å²) in [4.78, 5) is 12.8. The van der Waals surface area contributed by atoms with Crippen LogP contribution >= 0.6 is 0 Å². The third-order valence-corrected chi connectivity index (χ3v) is 5.65. The molecular weight excluding hydrogens is 348 g/mol. The maximum atomic E-state index is 12.6. The maximum absolute atomic E-state index is 12.6. The van der Waals surface area contributed by atoms with E-state index in [4.69, 9.17) is 0 Å². The first-order valence-corrected chi connectivity index (χ1v) is 10.2. The van der Waals surface area contributed by atoms with Gasteiger partial charge in [0.05, 0.1) is 4.90 Å². The molecule has 0 saturated heterocycles. The van der Waals surface area contributed by atoms with Gasteiger partial charge in [-0.25, -0.2) is 8.42 Å². The van der Waals surface area contributed by atoms with Crippen molar-refractivity contribution in [1.29, 1.82) is 0 Å². The predicted molar refractivity (Wildman–Crippen MR) is 105 cm³/mol. The molecule has 0 bridgehead atoms. The highest BCUT2D eigenvalue weighted by atomic mass is 32.2. The first-order chi connectivity index (χ1) is 12.2. The monoisotopic (exact) mass is 374 g/mol. The van der Waals surface area contributed by atoms with Gasteiger partial charge in [-0.3, -0.25) is 4.79 Å². The number of sulfonamides is 1. The molecule has 0 fully saturated rings. The van der Waals surface area contributed by atoms with E-state index in [1.165, 1.54) is 17.7 Å². The van der Waals surface area contributed by atoms with Crippen molar-refractivity contribution in [3.8, 4) is 0 Å². The summed E-state index contributed by atoms with van der Waals surface area (Å²) in [7, 11) is -3.78. The van der Waals surface area contributed by atoms with Gasteiger partial charge in [-0.15, -0.1) is 0 Å². The molecule has 2 N–H and O–H groups in total. The van der Waals surface area contributed by atoms with Crippen LogP contribution in [0.5, 0.6) is 0 Å². The predicted octanol–water partition coefficient (Wildman–Crippen LogP) is 3.50. The summed E-state index contributed by atoms with van der Waals surface area (Å²) in [6, 6.07) is 13.2. The third kappa shape index (κ3) is 5.16. The Bertz CT molecular complexity index is 842. The van der Waals surface area contributed by atoms with E-state index >= 15 is 0 Å². The molecule has 0 spiro atoms. The highest BCUT2D eigenvalue weighted by Crippen LogP contribution is 2.15. The summed E-state index contributed by atoms with van der Waals surface area (Å²) in [5.74, 6) is -0.579. The van der Waals surface area contributed by atoms with E-state index in [-0.39, 0.29) is 16.7 Å². The van der Waals surface area contributed by atoms with Gasteiger partial charge in [-0.1, -0.05) is 50.6 Å². The molecule has 26 heavy (non-hydrogen) atoms. The lowest BCUT2D eigenvalue weighted by molar-refractivity contribution is -0.118. The van der Waals surface area contributed by atoms with E-state index in [9.17, 15) is 13.2 Å². The second-order valence-corrected chi connectivity index (χ2v) is 8.41. The van der Waals surface area contributed by atoms with Crippen LogP contribution < -0.4 is 10.0 Å². The van der Waals surface area contributed by atoms with Gasteiger partial charge in [0.1, 0.15) is 6.04 Å². The number of nitrogens with one attached hydrogen (secondary N) is 2. The molecule has 0 radical (unpaired) electrons. The Kier molecular flexibility index (Phi) is 6.56. The van der Waals surface area contributed by atoms with Crippen molar-refractivity contribution in [2.45, 2.75) is 45.1 Å². The van der Waals surface area contributed by atoms with Crippen molar-refractivity contribution >= 4 is 21.6 Å². The van der Waals surface area contributed by atoms with Gasteiger partial charge in [0, 0.05) is 5.69 Å². The lowest BCUT2D eigenvalue weighted by Crippen LogP contribution is -2.47. The van der Waals surface area contributed by atoms with E-state index < -0.39 is 16.1 Å². The van der Waals surface area contributed by atoms with Crippen LogP contribution in [0.4, 0.5) is 5.69 Å². The van der Waals surface area contributed by atoms with Crippen molar-refractivity contribution in [3.63, 3.8) is 0 Å². The molecule has 1 amide bonds. The summed E-state index contributed by atoms with van der Waals surface area (Å²) in [5, 5.41) is 2.79. The van der Waals surface area contributed by atoms with Crippen LogP contribution in [0.1, 0.15) is 31.9 Å². The number of aryl methyl sites for hydroxylation is 2. The average Bonchev–Trinajstić information content (AvgIpc) is 2.60. The minimum atomic E-state index is -3.78. The minimum absolute atomic E-state index is 0.147. The zero-order chi connectivity index (χ0) is 19.3. The number of anilines is 1. The summed E-state index contributed by atoms with van der Waals surface area (Å²) in [6.45, 7) is 7.56. The number of hydrogen-bond acceptors (Lipinski definition) is 3. The van der Waals surface area contributed by atoms with E-state index in [1.54, 1.807) is 12.1 Å². The van der Waals surface area contributed by atoms with Crippen molar-refractivity contribution in [3.05, 3.63) is 59.7 Å². The second-order valence-electron chi connectivity index (χ2n) is 6.70. The van der Waals surface area contributed by atoms with Crippen molar-refractivity contribution in [2.24, 2.45) is 5.92 Å². The Morgan fingerprint density at radius 1 is 1.00 bits per heavy atom. The van der Waals surface area contributed by atoms with E-state index in [2.05, 4.69) is 17.0 Å². The van der Waals surface area contributed by atoms with Gasteiger partial charge in [0.2, 0.25) is 15.9 Å². The molecule has 5 nitrogen and oxygen atoms in total. The first kappa shape index (κ1) is 20.1. The Hall–Kier alpha value is -2.18. The van der Waals surface area contributed by atoms with Crippen LogP contribution in [0.15, 0.2) is 53.4 Å². The molecule has 0 aliphatic heterocycles. The molecule has 0 heterocycles. The fourth-order valence-electron chi connectivity index (χ4n) is 2.49. The molecule has 0 aromatic heterocycles. The molecule has 140 valence electrons. The highest BCUT2D eigenvalue weighted by molar-refractivity contribution is 7.89. The molecule has 2 aromatic carbocycles. The smallest absolute Gasteiger partial charge is 0.242 e. The standard InChI is InChI=1S/C20H26N2O3S/c1-5-16-8-10-17(11-9-16)21-20(23)19(14(2)3)22-26(24,25)18-12-6-15(4)7-13-18/h6-14,19,22H,5H2,1-4H3,(H,21,23). The van der Waals surface area contributed by atoms with Crippen LogP contribution in [0.25, 0.3) is 0 Å². The zero-order valence-electron chi connectivity index (χ0n) is 15.6. The molecule has 2 rings (SSSR count). The van der Waals surface area contributed by atoms with Crippen molar-refractivity contribution in [1.82, 2.24) is 4.72 Å². The topological polar surface area (TPSA) is 75.3 Å². The molecular formula is C20H26N2O3S. The Morgan fingerprint density at radius 2 is 1.58 bits per heavy atom. The normalized spacial score (nSPS) is 12.8. The first-order valence-electron chi connectivity index (χ1n) is 8.71. The zero-order valence-corrected chi connectivity index (χ0v) is 16.4. The summed E-state index contributed by atoms with van der Waals surface area (Å²) >= 11 is 0. The van der Waals surface area contributed by atoms with Gasteiger partial charge in [-0.05, 0) is 49.1 Å². The van der Waals surface area contributed by atoms with Gasteiger partial charge in [0.25, 0.3) is 0 Å². The average molecular weight is 375 g/mol. The minimum Gasteiger partial charge on any atom is -0.325 e. The Labute approximate surface area is 155 Å². The van der Waals surface area contributed by atoms with Gasteiger partial charge < -0.3 is 5.32 Å². The summed E-state index contributed by atoms with van der Waals surface area (Å²) in [6.07, 6.45) is 0.916. The number of carbonyl (C=O) groups excluding carboxylic acids is 1. The van der Waals surface area contributed by atoms with Gasteiger partial charge in [-0.2, -0.15) is 4.72 Å². The third-order valence-electron chi connectivity index (χ3n) is 4.19. The number of amides is 1. The molecule has 1 atom stereocenters. The largest absolute Gasteiger partial charge is 0.325 e. The molecule has 0 aliphatic carbocycles. The summed E-state index contributed by atoms with van der Waals surface area (Å²) < 4.78 is 27.7. The van der Waals surface area contributed by atoms with Gasteiger partial charge in [0.15, 0.2) is 0 Å². The molecule has 1 unspecified atom stereocenters. The molecule has 0 aliphatic rings. The summed E-state index contributed by atoms with van der Waals surface area (Å²) in [5.41, 5.74) is 2.79. The van der Waals surface area contributed by atoms with Crippen molar-refractivity contribution < 1.29 is 13.2 Å². The number of hydrogen-bond donors (Lipinski definition) is 2. The van der Waals surface area contributed by atoms with Crippen LogP contribution in [0, 0.1) is 12.8 Å². The lowest BCUT2D eigenvalue weighted by Gasteiger charge is -2.22. The van der Waals surface area contributed by atoms with E-state index in [1.807, 2.05) is 45.0 Å². The van der Waals surface area contributed by atoms with Crippen molar-refractivity contribution in [2.75, 3.05) is 5.32 Å². The Morgan fingerprint density at radius 3 is 2.08 bits per heavy atom. The SMILES string of the molecule is CCc1ccc(NC(=O)C(NS(=O)(=O)c2ccc(C)cc2)C(C)C)cc1. The lowest BCUT2D eigenvalue weighted by atomic mass is 10.0. The highest BCUT2D eigenvalue weighted by Gasteiger charge is 2.28. The molecule has 0 saturated carbocycles. The maximum Gasteiger partial charge on any atom is 0.242 e. The molecule has 2 aromatic rings. The van der Waals surface area contributed by atoms with E-state index in [0.29, 0.717) is 5.69 Å². The molecule has 6 heteroatoms. The fraction of sp³-hybridized carbons (Fsp3) is 0.350. The number of carbonyl (C=O) groups is 1. The van der Waals surface area contributed by atoms with E-state index in [0.717, 1.165) is 12.0 Å². The number of rotatable bonds is 7.